The van der Waals surface area contributed by atoms with Crippen LogP contribution in [0, 0.1) is 5.41 Å². The van der Waals surface area contributed by atoms with Crippen molar-refractivity contribution in [2.75, 3.05) is 0 Å². The number of hydrogen-bond acceptors (Lipinski definition) is 3. The molecule has 0 spiro atoms. The number of amides is 1. The Morgan fingerprint density at radius 1 is 1.30 bits per heavy atom. The van der Waals surface area contributed by atoms with Gasteiger partial charge in [-0.3, -0.25) is 14.6 Å². The zero-order valence-electron chi connectivity index (χ0n) is 11.5. The van der Waals surface area contributed by atoms with Crippen LogP contribution in [-0.2, 0) is 16.1 Å². The molecule has 5 heteroatoms. The smallest absolute Gasteiger partial charge is 0.310 e. The topological polar surface area (TPSA) is 79.3 Å². The zero-order chi connectivity index (χ0) is 14.4. The number of aliphatic carboxylic acids is 1. The molecule has 0 bridgehead atoms. The van der Waals surface area contributed by atoms with Gasteiger partial charge in [0.1, 0.15) is 0 Å². The van der Waals surface area contributed by atoms with Gasteiger partial charge in [0.25, 0.3) is 0 Å². The van der Waals surface area contributed by atoms with Crippen LogP contribution < -0.4 is 5.32 Å². The molecule has 1 saturated carbocycles. The Labute approximate surface area is 118 Å². The van der Waals surface area contributed by atoms with Crippen molar-refractivity contribution in [3.05, 3.63) is 30.1 Å². The van der Waals surface area contributed by atoms with Crippen LogP contribution in [0.15, 0.2) is 24.5 Å². The third-order valence-corrected chi connectivity index (χ3v) is 3.98. The fraction of sp³-hybridized carbons (Fsp3) is 0.533. The first-order chi connectivity index (χ1) is 9.62. The van der Waals surface area contributed by atoms with Crippen molar-refractivity contribution < 1.29 is 14.7 Å². The quantitative estimate of drug-likeness (QED) is 0.863. The summed E-state index contributed by atoms with van der Waals surface area (Å²) in [7, 11) is 0. The first kappa shape index (κ1) is 14.5. The second kappa shape index (κ2) is 6.50. The number of rotatable bonds is 5. The fourth-order valence-electron chi connectivity index (χ4n) is 2.77. The lowest BCUT2D eigenvalue weighted by molar-refractivity contribution is -0.154. The molecule has 108 valence electrons. The van der Waals surface area contributed by atoms with Gasteiger partial charge in [-0.1, -0.05) is 25.3 Å². The normalized spacial score (nSPS) is 17.4. The summed E-state index contributed by atoms with van der Waals surface area (Å²) in [5.74, 6) is -1.04. The summed E-state index contributed by atoms with van der Waals surface area (Å²) >= 11 is 0. The van der Waals surface area contributed by atoms with E-state index in [4.69, 9.17) is 0 Å². The molecule has 1 amide bonds. The molecule has 1 fully saturated rings. The van der Waals surface area contributed by atoms with Crippen LogP contribution >= 0.6 is 0 Å². The number of carbonyl (C=O) groups is 2. The number of carboxylic acids is 1. The van der Waals surface area contributed by atoms with Crippen molar-refractivity contribution in [1.82, 2.24) is 10.3 Å². The van der Waals surface area contributed by atoms with Gasteiger partial charge in [-0.15, -0.1) is 0 Å². The number of aromatic nitrogens is 1. The number of pyridine rings is 1. The molecular weight excluding hydrogens is 256 g/mol. The third kappa shape index (κ3) is 3.56. The van der Waals surface area contributed by atoms with Gasteiger partial charge in [0.05, 0.1) is 5.41 Å². The summed E-state index contributed by atoms with van der Waals surface area (Å²) in [6, 6.07) is 3.68. The molecule has 1 aromatic heterocycles. The van der Waals surface area contributed by atoms with E-state index in [1.807, 2.05) is 6.07 Å². The van der Waals surface area contributed by atoms with E-state index >= 15 is 0 Å². The predicted molar refractivity (Wildman–Crippen MR) is 73.9 cm³/mol. The maximum Gasteiger partial charge on any atom is 0.310 e. The number of carbonyl (C=O) groups excluding carboxylic acids is 1. The fourth-order valence-corrected chi connectivity index (χ4v) is 2.77. The average Bonchev–Trinajstić information content (AvgIpc) is 2.47. The summed E-state index contributed by atoms with van der Waals surface area (Å²) in [5.41, 5.74) is 0.0472. The van der Waals surface area contributed by atoms with E-state index in [1.165, 1.54) is 0 Å². The molecule has 0 atom stereocenters. The van der Waals surface area contributed by atoms with Crippen molar-refractivity contribution in [1.29, 1.82) is 0 Å². The van der Waals surface area contributed by atoms with Crippen LogP contribution in [-0.4, -0.2) is 22.0 Å². The van der Waals surface area contributed by atoms with Gasteiger partial charge < -0.3 is 10.4 Å². The lowest BCUT2D eigenvalue weighted by Crippen LogP contribution is -2.39. The molecule has 1 aliphatic carbocycles. The van der Waals surface area contributed by atoms with E-state index in [0.29, 0.717) is 19.4 Å². The average molecular weight is 276 g/mol. The molecule has 0 unspecified atom stereocenters. The second-order valence-corrected chi connectivity index (χ2v) is 5.46. The lowest BCUT2D eigenvalue weighted by Gasteiger charge is -2.32. The predicted octanol–water partition coefficient (Wildman–Crippen LogP) is 2.12. The Morgan fingerprint density at radius 3 is 2.65 bits per heavy atom. The van der Waals surface area contributed by atoms with Crippen LogP contribution in [0.5, 0.6) is 0 Å². The van der Waals surface area contributed by atoms with E-state index < -0.39 is 11.4 Å². The van der Waals surface area contributed by atoms with E-state index in [0.717, 1.165) is 24.8 Å². The van der Waals surface area contributed by atoms with Gasteiger partial charge in [0.15, 0.2) is 0 Å². The van der Waals surface area contributed by atoms with E-state index in [1.54, 1.807) is 18.5 Å². The maximum atomic E-state index is 12.0. The first-order valence-electron chi connectivity index (χ1n) is 7.01. The molecule has 0 aromatic carbocycles. The van der Waals surface area contributed by atoms with Crippen molar-refractivity contribution in [2.45, 2.75) is 45.1 Å². The summed E-state index contributed by atoms with van der Waals surface area (Å²) in [6.07, 6.45) is 7.48. The number of nitrogens with one attached hydrogen (secondary N) is 1. The highest BCUT2D eigenvalue weighted by molar-refractivity contribution is 5.85. The monoisotopic (exact) mass is 276 g/mol. The van der Waals surface area contributed by atoms with Crippen LogP contribution in [0.25, 0.3) is 0 Å². The maximum absolute atomic E-state index is 12.0. The first-order valence-corrected chi connectivity index (χ1v) is 7.01. The highest BCUT2D eigenvalue weighted by Crippen LogP contribution is 2.39. The summed E-state index contributed by atoms with van der Waals surface area (Å²) in [6.45, 7) is 0.391. The number of nitrogens with zero attached hydrogens (tertiary/aromatic N) is 1. The summed E-state index contributed by atoms with van der Waals surface area (Å²) in [5, 5.41) is 12.2. The van der Waals surface area contributed by atoms with E-state index in [-0.39, 0.29) is 12.3 Å². The van der Waals surface area contributed by atoms with Crippen molar-refractivity contribution in [2.24, 2.45) is 5.41 Å². The lowest BCUT2D eigenvalue weighted by atomic mass is 9.71. The highest BCUT2D eigenvalue weighted by Gasteiger charge is 2.41. The second-order valence-electron chi connectivity index (χ2n) is 5.46. The SMILES string of the molecule is O=C(CC1(C(=O)O)CCCCC1)NCc1cccnc1. The number of hydrogen-bond donors (Lipinski definition) is 2. The largest absolute Gasteiger partial charge is 0.481 e. The molecule has 1 heterocycles. The standard InChI is InChI=1S/C15H20N2O3/c18-13(17-11-12-5-4-8-16-10-12)9-15(14(19)20)6-2-1-3-7-15/h4-5,8,10H,1-3,6-7,9,11H2,(H,17,18)(H,19,20). The Morgan fingerprint density at radius 2 is 2.05 bits per heavy atom. The van der Waals surface area contributed by atoms with E-state index in [2.05, 4.69) is 10.3 Å². The van der Waals surface area contributed by atoms with Crippen molar-refractivity contribution >= 4 is 11.9 Å². The summed E-state index contributed by atoms with van der Waals surface area (Å²) < 4.78 is 0. The molecule has 5 nitrogen and oxygen atoms in total. The molecule has 2 rings (SSSR count). The van der Waals surface area contributed by atoms with Crippen LogP contribution in [0.2, 0.25) is 0 Å². The molecular formula is C15H20N2O3. The molecule has 0 radical (unpaired) electrons. The van der Waals surface area contributed by atoms with Crippen LogP contribution in [0.3, 0.4) is 0 Å². The van der Waals surface area contributed by atoms with Crippen LogP contribution in [0.1, 0.15) is 44.1 Å². The Balaban J connectivity index is 1.90. The third-order valence-electron chi connectivity index (χ3n) is 3.98. The van der Waals surface area contributed by atoms with Gasteiger partial charge >= 0.3 is 5.97 Å². The van der Waals surface area contributed by atoms with Gasteiger partial charge in [0.2, 0.25) is 5.91 Å². The highest BCUT2D eigenvalue weighted by atomic mass is 16.4. The summed E-state index contributed by atoms with van der Waals surface area (Å²) in [4.78, 5) is 27.5. The van der Waals surface area contributed by atoms with Crippen molar-refractivity contribution in [3.8, 4) is 0 Å². The Kier molecular flexibility index (Phi) is 4.71. The molecule has 1 aromatic rings. The minimum Gasteiger partial charge on any atom is -0.481 e. The van der Waals surface area contributed by atoms with Gasteiger partial charge in [-0.05, 0) is 24.5 Å². The van der Waals surface area contributed by atoms with E-state index in [9.17, 15) is 14.7 Å². The molecule has 0 aliphatic heterocycles. The Bertz CT molecular complexity index is 467. The van der Waals surface area contributed by atoms with Gasteiger partial charge in [-0.25, -0.2) is 0 Å². The number of carboxylic acid groups (broad SMARTS) is 1. The molecule has 1 aliphatic rings. The minimum absolute atomic E-state index is 0.0720. The van der Waals surface area contributed by atoms with Gasteiger partial charge in [0, 0.05) is 25.4 Å². The molecule has 0 saturated heterocycles. The van der Waals surface area contributed by atoms with Crippen molar-refractivity contribution in [3.63, 3.8) is 0 Å². The Hall–Kier alpha value is -1.91. The molecule has 2 N–H and O–H groups in total. The zero-order valence-corrected chi connectivity index (χ0v) is 11.5. The molecule has 20 heavy (non-hydrogen) atoms. The van der Waals surface area contributed by atoms with Crippen LogP contribution in [0.4, 0.5) is 0 Å². The minimum atomic E-state index is -0.864. The van der Waals surface area contributed by atoms with Gasteiger partial charge in [-0.2, -0.15) is 0 Å².